The summed E-state index contributed by atoms with van der Waals surface area (Å²) in [7, 11) is 1.74. The average Bonchev–Trinajstić information content (AvgIpc) is 2.84. The van der Waals surface area contributed by atoms with Crippen molar-refractivity contribution in [1.82, 2.24) is 19.4 Å². The SMILES string of the molecule is CCCC(Sc1nc(C)c(Cc2ccc(C(C)(C)C)cc2)c(=O)n1C)C(=O)N1CCN(C(C)=O)CC1. The van der Waals surface area contributed by atoms with Crippen molar-refractivity contribution >= 4 is 23.6 Å². The molecule has 2 amide bonds. The number of hydrogen-bond acceptors (Lipinski definition) is 5. The third-order valence-corrected chi connectivity index (χ3v) is 8.16. The summed E-state index contributed by atoms with van der Waals surface area (Å²) in [6, 6.07) is 8.43. The Hall–Kier alpha value is -2.61. The van der Waals surface area contributed by atoms with Gasteiger partial charge in [0.2, 0.25) is 11.8 Å². The molecule has 3 rings (SSSR count). The van der Waals surface area contributed by atoms with Crippen molar-refractivity contribution in [1.29, 1.82) is 0 Å². The number of piperazine rings is 1. The molecule has 0 spiro atoms. The normalized spacial score (nSPS) is 15.2. The van der Waals surface area contributed by atoms with Gasteiger partial charge in [0.25, 0.3) is 5.56 Å². The van der Waals surface area contributed by atoms with Crippen LogP contribution in [0, 0.1) is 6.92 Å². The van der Waals surface area contributed by atoms with Gasteiger partial charge in [-0.2, -0.15) is 0 Å². The molecule has 1 saturated heterocycles. The highest BCUT2D eigenvalue weighted by Crippen LogP contribution is 2.27. The van der Waals surface area contributed by atoms with Crippen molar-refractivity contribution in [3.63, 3.8) is 0 Å². The van der Waals surface area contributed by atoms with E-state index in [9.17, 15) is 14.4 Å². The third-order valence-electron chi connectivity index (χ3n) is 6.86. The molecule has 1 fully saturated rings. The Kier molecular flexibility index (Phi) is 9.03. The smallest absolute Gasteiger partial charge is 0.257 e. The first-order valence-electron chi connectivity index (χ1n) is 12.8. The lowest BCUT2D eigenvalue weighted by atomic mass is 9.86. The average molecular weight is 513 g/mol. The van der Waals surface area contributed by atoms with E-state index < -0.39 is 0 Å². The Balaban J connectivity index is 1.78. The van der Waals surface area contributed by atoms with Crippen molar-refractivity contribution < 1.29 is 9.59 Å². The Morgan fingerprint density at radius 3 is 2.17 bits per heavy atom. The van der Waals surface area contributed by atoms with Gasteiger partial charge in [0.1, 0.15) is 0 Å². The predicted molar refractivity (Wildman–Crippen MR) is 146 cm³/mol. The second-order valence-corrected chi connectivity index (χ2v) is 11.8. The van der Waals surface area contributed by atoms with Crippen LogP contribution in [0.2, 0.25) is 0 Å². The molecule has 7 nitrogen and oxygen atoms in total. The molecule has 8 heteroatoms. The molecule has 0 N–H and O–H groups in total. The number of amides is 2. The Labute approximate surface area is 219 Å². The summed E-state index contributed by atoms with van der Waals surface area (Å²) < 4.78 is 1.58. The molecule has 1 aliphatic heterocycles. The van der Waals surface area contributed by atoms with Crippen molar-refractivity contribution in [3.8, 4) is 0 Å². The molecule has 0 saturated carbocycles. The van der Waals surface area contributed by atoms with Crippen LogP contribution in [0.3, 0.4) is 0 Å². The van der Waals surface area contributed by atoms with Crippen LogP contribution >= 0.6 is 11.8 Å². The molecule has 1 aromatic carbocycles. The molecule has 2 heterocycles. The fourth-order valence-electron chi connectivity index (χ4n) is 4.43. The topological polar surface area (TPSA) is 75.5 Å². The first kappa shape index (κ1) is 28.0. The van der Waals surface area contributed by atoms with Gasteiger partial charge in [-0.3, -0.25) is 19.0 Å². The van der Waals surface area contributed by atoms with E-state index in [-0.39, 0.29) is 28.0 Å². The summed E-state index contributed by atoms with van der Waals surface area (Å²) in [5, 5.41) is 0.255. The van der Waals surface area contributed by atoms with Crippen LogP contribution in [0.1, 0.15) is 69.8 Å². The fourth-order valence-corrected chi connectivity index (χ4v) is 5.72. The molecule has 196 valence electrons. The number of carbonyl (C=O) groups is 2. The van der Waals surface area contributed by atoms with E-state index in [1.165, 1.54) is 17.3 Å². The second-order valence-electron chi connectivity index (χ2n) is 10.7. The first-order valence-corrected chi connectivity index (χ1v) is 13.7. The highest BCUT2D eigenvalue weighted by atomic mass is 32.2. The van der Waals surface area contributed by atoms with Crippen LogP contribution in [-0.4, -0.2) is 62.6 Å². The van der Waals surface area contributed by atoms with Crippen LogP contribution in [0.5, 0.6) is 0 Å². The van der Waals surface area contributed by atoms with Gasteiger partial charge >= 0.3 is 0 Å². The van der Waals surface area contributed by atoms with E-state index in [1.54, 1.807) is 23.4 Å². The molecule has 0 bridgehead atoms. The van der Waals surface area contributed by atoms with Crippen molar-refractivity contribution in [3.05, 3.63) is 57.0 Å². The van der Waals surface area contributed by atoms with Gasteiger partial charge in [-0.05, 0) is 29.9 Å². The summed E-state index contributed by atoms with van der Waals surface area (Å²) in [6.45, 7) is 14.3. The zero-order valence-electron chi connectivity index (χ0n) is 22.8. The molecule has 1 aromatic heterocycles. The number of nitrogens with zero attached hydrogens (tertiary/aromatic N) is 4. The van der Waals surface area contributed by atoms with Gasteiger partial charge in [0.05, 0.1) is 5.25 Å². The minimum atomic E-state index is -0.313. The van der Waals surface area contributed by atoms with E-state index in [1.807, 2.05) is 11.8 Å². The van der Waals surface area contributed by atoms with Crippen LogP contribution in [0.25, 0.3) is 0 Å². The van der Waals surface area contributed by atoms with E-state index in [0.29, 0.717) is 55.4 Å². The maximum Gasteiger partial charge on any atom is 0.257 e. The largest absolute Gasteiger partial charge is 0.339 e. The van der Waals surface area contributed by atoms with Crippen molar-refractivity contribution in [2.24, 2.45) is 7.05 Å². The summed E-state index contributed by atoms with van der Waals surface area (Å²) in [6.07, 6.45) is 2.08. The minimum Gasteiger partial charge on any atom is -0.339 e. The maximum absolute atomic E-state index is 13.3. The molecule has 36 heavy (non-hydrogen) atoms. The number of benzene rings is 1. The summed E-state index contributed by atoms with van der Waals surface area (Å²) in [5.74, 6) is 0.0986. The van der Waals surface area contributed by atoms with Crippen molar-refractivity contribution in [2.45, 2.75) is 76.6 Å². The summed E-state index contributed by atoms with van der Waals surface area (Å²) >= 11 is 1.38. The molecule has 1 atom stereocenters. The minimum absolute atomic E-state index is 0.0430. The molecular formula is C28H40N4O3S. The summed E-state index contributed by atoms with van der Waals surface area (Å²) in [5.41, 5.74) is 3.74. The van der Waals surface area contributed by atoms with Crippen LogP contribution in [-0.2, 0) is 28.5 Å². The van der Waals surface area contributed by atoms with Crippen LogP contribution in [0.15, 0.2) is 34.2 Å². The molecule has 2 aromatic rings. The number of thioether (sulfide) groups is 1. The molecule has 1 unspecified atom stereocenters. The fraction of sp³-hybridized carbons (Fsp3) is 0.571. The Morgan fingerprint density at radius 2 is 1.64 bits per heavy atom. The van der Waals surface area contributed by atoms with Crippen LogP contribution < -0.4 is 5.56 Å². The van der Waals surface area contributed by atoms with Gasteiger partial charge in [-0.15, -0.1) is 0 Å². The number of rotatable bonds is 7. The maximum atomic E-state index is 13.3. The lowest BCUT2D eigenvalue weighted by molar-refractivity contribution is -0.138. The predicted octanol–water partition coefficient (Wildman–Crippen LogP) is 3.93. The van der Waals surface area contributed by atoms with E-state index in [2.05, 4.69) is 52.0 Å². The molecule has 0 radical (unpaired) electrons. The van der Waals surface area contributed by atoms with E-state index in [4.69, 9.17) is 4.98 Å². The monoisotopic (exact) mass is 512 g/mol. The molecular weight excluding hydrogens is 472 g/mol. The summed E-state index contributed by atoms with van der Waals surface area (Å²) in [4.78, 5) is 46.7. The Bertz CT molecular complexity index is 1140. The standard InChI is InChI=1S/C28H40N4O3S/c1-8-9-24(26(35)32-16-14-31(15-17-32)20(3)33)36-27-29-19(2)23(25(34)30(27)7)18-21-10-12-22(13-11-21)28(4,5)6/h10-13,24H,8-9,14-18H2,1-7H3. The number of hydrogen-bond donors (Lipinski definition) is 0. The van der Waals surface area contributed by atoms with Gasteiger partial charge in [0.15, 0.2) is 5.16 Å². The van der Waals surface area contributed by atoms with Gasteiger partial charge in [0, 0.05) is 57.8 Å². The zero-order chi connectivity index (χ0) is 26.6. The number of carbonyl (C=O) groups excluding carboxylic acids is 2. The zero-order valence-corrected chi connectivity index (χ0v) is 23.6. The number of aromatic nitrogens is 2. The van der Waals surface area contributed by atoms with Gasteiger partial charge in [-0.25, -0.2) is 4.98 Å². The quantitative estimate of drug-likeness (QED) is 0.415. The highest BCUT2D eigenvalue weighted by Gasteiger charge is 2.29. The Morgan fingerprint density at radius 1 is 1.06 bits per heavy atom. The van der Waals surface area contributed by atoms with Crippen molar-refractivity contribution in [2.75, 3.05) is 26.2 Å². The molecule has 1 aliphatic rings. The third kappa shape index (κ3) is 6.58. The first-order chi connectivity index (χ1) is 16.9. The number of aryl methyl sites for hydroxylation is 1. The van der Waals surface area contributed by atoms with E-state index in [0.717, 1.165) is 12.0 Å². The second kappa shape index (κ2) is 11.6. The van der Waals surface area contributed by atoms with Gasteiger partial charge in [-0.1, -0.05) is 70.1 Å². The van der Waals surface area contributed by atoms with Gasteiger partial charge < -0.3 is 9.80 Å². The van der Waals surface area contributed by atoms with E-state index >= 15 is 0 Å². The highest BCUT2D eigenvalue weighted by molar-refractivity contribution is 8.00. The van der Waals surface area contributed by atoms with Crippen LogP contribution in [0.4, 0.5) is 0 Å². The molecule has 0 aliphatic carbocycles. The lowest BCUT2D eigenvalue weighted by Crippen LogP contribution is -2.52. The lowest BCUT2D eigenvalue weighted by Gasteiger charge is -2.35.